The summed E-state index contributed by atoms with van der Waals surface area (Å²) >= 11 is 1.50. The van der Waals surface area contributed by atoms with Crippen molar-refractivity contribution in [3.05, 3.63) is 88.7 Å². The van der Waals surface area contributed by atoms with Gasteiger partial charge in [0.15, 0.2) is 5.13 Å². The maximum absolute atomic E-state index is 12.7. The minimum Gasteiger partial charge on any atom is -0.475 e. The van der Waals surface area contributed by atoms with Gasteiger partial charge in [0.05, 0.1) is 31.5 Å². The van der Waals surface area contributed by atoms with E-state index in [4.69, 9.17) is 19.6 Å². The van der Waals surface area contributed by atoms with Crippen molar-refractivity contribution in [2.75, 3.05) is 30.0 Å². The Kier molecular flexibility index (Phi) is 9.44. The molecule has 0 spiro atoms. The maximum Gasteiger partial charge on any atom is 0.490 e. The first-order valence-electron chi connectivity index (χ1n) is 14.3. The molecule has 45 heavy (non-hydrogen) atoms. The summed E-state index contributed by atoms with van der Waals surface area (Å²) < 4.78 is 39.5. The molecule has 10 nitrogen and oxygen atoms in total. The number of nitrogens with one attached hydrogen (secondary N) is 2. The van der Waals surface area contributed by atoms with Crippen LogP contribution in [0, 0.1) is 0 Å². The standard InChI is InChI=1S/C29H32N6O2S.C2HF3O2/c1-29(2)17-25-26(27(36)33-29)38-28(32-25)35-12-13-37-19-24(35)16-20-6-3-8-22(14-20)31-23-9-4-7-21(15-23)18-34-11-5-10-30-34;3-2(4,5)1(6)7/h3-11,14-15,24,31H,12-13,16-19H2,1-2H3,(H,33,36);(H,6,7). The molecule has 2 aliphatic rings. The number of benzene rings is 2. The van der Waals surface area contributed by atoms with E-state index in [-0.39, 0.29) is 17.5 Å². The topological polar surface area (TPSA) is 122 Å². The third-order valence-corrected chi connectivity index (χ3v) is 8.32. The van der Waals surface area contributed by atoms with Crippen molar-refractivity contribution in [1.82, 2.24) is 20.1 Å². The molecule has 2 aliphatic heterocycles. The summed E-state index contributed by atoms with van der Waals surface area (Å²) in [6.07, 6.45) is 0.262. The SMILES string of the molecule is CC1(C)Cc2nc(N3CCOCC3Cc3cccc(Nc4cccc(Cn5cccn5)c4)c3)sc2C(=O)N1.O=C(O)C(F)(F)F. The van der Waals surface area contributed by atoms with Crippen LogP contribution in [0.2, 0.25) is 0 Å². The number of morpholine rings is 1. The number of hydrogen-bond donors (Lipinski definition) is 3. The monoisotopic (exact) mass is 642 g/mol. The second-order valence-corrected chi connectivity index (χ2v) is 12.4. The number of nitrogens with zero attached hydrogens (tertiary/aromatic N) is 4. The third kappa shape index (κ3) is 8.39. The van der Waals surface area contributed by atoms with E-state index in [1.54, 1.807) is 6.20 Å². The first kappa shape index (κ1) is 32.0. The van der Waals surface area contributed by atoms with Crippen molar-refractivity contribution in [2.45, 2.75) is 51.0 Å². The van der Waals surface area contributed by atoms with Gasteiger partial charge < -0.3 is 25.4 Å². The third-order valence-electron chi connectivity index (χ3n) is 7.19. The minimum atomic E-state index is -5.08. The fourth-order valence-electron chi connectivity index (χ4n) is 5.21. The number of rotatable bonds is 7. The van der Waals surface area contributed by atoms with Gasteiger partial charge >= 0.3 is 12.1 Å². The highest BCUT2D eigenvalue weighted by Crippen LogP contribution is 2.34. The molecule has 2 aromatic carbocycles. The molecule has 14 heteroatoms. The predicted octanol–water partition coefficient (Wildman–Crippen LogP) is 5.28. The van der Waals surface area contributed by atoms with Crippen molar-refractivity contribution in [1.29, 1.82) is 0 Å². The predicted molar refractivity (Wildman–Crippen MR) is 164 cm³/mol. The zero-order valence-electron chi connectivity index (χ0n) is 24.7. The van der Waals surface area contributed by atoms with Crippen molar-refractivity contribution in [3.63, 3.8) is 0 Å². The van der Waals surface area contributed by atoms with Crippen molar-refractivity contribution < 1.29 is 32.6 Å². The number of fused-ring (bicyclic) bond motifs is 1. The number of halogens is 3. The highest BCUT2D eigenvalue weighted by Gasteiger charge is 2.38. The largest absolute Gasteiger partial charge is 0.490 e. The van der Waals surface area contributed by atoms with Gasteiger partial charge in [0.1, 0.15) is 4.88 Å². The first-order chi connectivity index (χ1) is 21.4. The van der Waals surface area contributed by atoms with Crippen LogP contribution in [0.3, 0.4) is 0 Å². The molecule has 1 amide bonds. The van der Waals surface area contributed by atoms with Crippen LogP contribution in [0.25, 0.3) is 0 Å². The average molecular weight is 643 g/mol. The minimum absolute atomic E-state index is 0.0164. The van der Waals surface area contributed by atoms with Crippen LogP contribution in [-0.2, 0) is 28.9 Å². The number of aliphatic carboxylic acids is 1. The normalized spacial score (nSPS) is 17.5. The molecule has 4 aromatic rings. The fourth-order valence-corrected chi connectivity index (χ4v) is 6.28. The van der Waals surface area contributed by atoms with Gasteiger partial charge in [0.25, 0.3) is 5.91 Å². The number of carboxylic acids is 1. The van der Waals surface area contributed by atoms with Gasteiger partial charge in [-0.3, -0.25) is 9.48 Å². The van der Waals surface area contributed by atoms with Gasteiger partial charge in [-0.15, -0.1) is 0 Å². The van der Waals surface area contributed by atoms with E-state index in [2.05, 4.69) is 69.2 Å². The number of hydrogen-bond acceptors (Lipinski definition) is 8. The quantitative estimate of drug-likeness (QED) is 0.249. The van der Waals surface area contributed by atoms with Crippen LogP contribution in [-0.4, -0.2) is 69.3 Å². The summed E-state index contributed by atoms with van der Waals surface area (Å²) in [5, 5.41) is 19.0. The second-order valence-electron chi connectivity index (χ2n) is 11.4. The van der Waals surface area contributed by atoms with Gasteiger partial charge in [-0.1, -0.05) is 35.6 Å². The van der Waals surface area contributed by atoms with Gasteiger partial charge in [-0.05, 0) is 61.7 Å². The Morgan fingerprint density at radius 1 is 1.16 bits per heavy atom. The molecule has 4 heterocycles. The molecule has 0 bridgehead atoms. The summed E-state index contributed by atoms with van der Waals surface area (Å²) in [6.45, 7) is 6.88. The number of carbonyl (C=O) groups is 2. The van der Waals surface area contributed by atoms with Crippen molar-refractivity contribution in [3.8, 4) is 0 Å². The van der Waals surface area contributed by atoms with Crippen LogP contribution in [0.1, 0.15) is 40.3 Å². The summed E-state index contributed by atoms with van der Waals surface area (Å²) in [7, 11) is 0. The summed E-state index contributed by atoms with van der Waals surface area (Å²) in [6, 6.07) is 19.1. The molecule has 238 valence electrons. The number of thiazole rings is 1. The highest BCUT2D eigenvalue weighted by molar-refractivity contribution is 7.17. The van der Waals surface area contributed by atoms with E-state index in [1.165, 1.54) is 22.5 Å². The van der Waals surface area contributed by atoms with E-state index < -0.39 is 12.1 Å². The van der Waals surface area contributed by atoms with Crippen LogP contribution >= 0.6 is 11.3 Å². The number of ether oxygens (including phenoxy) is 1. The lowest BCUT2D eigenvalue weighted by Crippen LogP contribution is -2.48. The van der Waals surface area contributed by atoms with Crippen LogP contribution in [0.4, 0.5) is 29.7 Å². The van der Waals surface area contributed by atoms with Gasteiger partial charge in [0.2, 0.25) is 0 Å². The number of carbonyl (C=O) groups excluding carboxylic acids is 1. The zero-order chi connectivity index (χ0) is 32.2. The van der Waals surface area contributed by atoms with Gasteiger partial charge in [0, 0.05) is 42.3 Å². The first-order valence-corrected chi connectivity index (χ1v) is 15.1. The Balaban J connectivity index is 0.000000515. The summed E-state index contributed by atoms with van der Waals surface area (Å²) in [5.74, 6) is -2.77. The van der Waals surface area contributed by atoms with Crippen molar-refractivity contribution >= 4 is 39.7 Å². The van der Waals surface area contributed by atoms with Crippen LogP contribution < -0.4 is 15.5 Å². The Labute approximate surface area is 261 Å². The Hall–Kier alpha value is -4.43. The van der Waals surface area contributed by atoms with Gasteiger partial charge in [-0.25, -0.2) is 9.78 Å². The molecule has 0 aliphatic carbocycles. The fraction of sp³-hybridized carbons (Fsp3) is 0.355. The number of alkyl halides is 3. The molecule has 1 saturated heterocycles. The van der Waals surface area contributed by atoms with E-state index in [0.29, 0.717) is 13.2 Å². The number of aromatic nitrogens is 3. The Bertz CT molecular complexity index is 1640. The number of amides is 1. The molecule has 1 atom stereocenters. The lowest BCUT2D eigenvalue weighted by Gasteiger charge is -2.35. The molecule has 1 fully saturated rings. The summed E-state index contributed by atoms with van der Waals surface area (Å²) in [5.41, 5.74) is 5.14. The zero-order valence-corrected chi connectivity index (χ0v) is 25.5. The lowest BCUT2D eigenvalue weighted by molar-refractivity contribution is -0.192. The molecule has 2 aromatic heterocycles. The summed E-state index contributed by atoms with van der Waals surface area (Å²) in [4.78, 5) is 29.6. The molecule has 0 radical (unpaired) electrons. The molecule has 1 unspecified atom stereocenters. The van der Waals surface area contributed by atoms with E-state index in [9.17, 15) is 18.0 Å². The molecular formula is C31H33F3N6O4S. The van der Waals surface area contributed by atoms with Crippen molar-refractivity contribution in [2.24, 2.45) is 0 Å². The average Bonchev–Trinajstić information content (AvgIpc) is 3.63. The lowest BCUT2D eigenvalue weighted by atomic mass is 9.94. The van der Waals surface area contributed by atoms with E-state index in [0.717, 1.165) is 53.0 Å². The number of carboxylic acid groups (broad SMARTS) is 1. The van der Waals surface area contributed by atoms with E-state index >= 15 is 0 Å². The molecular weight excluding hydrogens is 609 g/mol. The molecule has 0 saturated carbocycles. The van der Waals surface area contributed by atoms with Crippen LogP contribution in [0.5, 0.6) is 0 Å². The number of anilines is 3. The second kappa shape index (κ2) is 13.3. The maximum atomic E-state index is 12.7. The smallest absolute Gasteiger partial charge is 0.475 e. The Morgan fingerprint density at radius 2 is 1.84 bits per heavy atom. The highest BCUT2D eigenvalue weighted by atomic mass is 32.1. The Morgan fingerprint density at radius 3 is 2.51 bits per heavy atom. The molecule has 3 N–H and O–H groups in total. The molecule has 6 rings (SSSR count). The van der Waals surface area contributed by atoms with E-state index in [1.807, 2.05) is 30.8 Å². The van der Waals surface area contributed by atoms with Crippen LogP contribution in [0.15, 0.2) is 67.0 Å². The van der Waals surface area contributed by atoms with Gasteiger partial charge in [-0.2, -0.15) is 18.3 Å².